The molecule has 3 aromatic rings. The van der Waals surface area contributed by atoms with Gasteiger partial charge in [0.2, 0.25) is 0 Å². The molecule has 0 radical (unpaired) electrons. The van der Waals surface area contributed by atoms with Crippen molar-refractivity contribution in [2.24, 2.45) is 5.73 Å². The SMILES string of the molecule is NC1(Cc2ccccc2)CCC(Oc2ccc3c(c2)CCC(c2ccccc2)O3)CC1. The number of benzene rings is 3. The second-order valence-corrected chi connectivity index (χ2v) is 9.17. The number of hydrogen-bond acceptors (Lipinski definition) is 3. The summed E-state index contributed by atoms with van der Waals surface area (Å²) in [5.74, 6) is 1.94. The summed E-state index contributed by atoms with van der Waals surface area (Å²) in [6.07, 6.45) is 7.35. The van der Waals surface area contributed by atoms with Gasteiger partial charge in [0.15, 0.2) is 0 Å². The van der Waals surface area contributed by atoms with Crippen molar-refractivity contribution in [3.05, 3.63) is 95.6 Å². The Bertz CT molecular complexity index is 994. The van der Waals surface area contributed by atoms with Crippen molar-refractivity contribution in [1.82, 2.24) is 0 Å². The lowest BCUT2D eigenvalue weighted by molar-refractivity contribution is 0.117. The Morgan fingerprint density at radius 2 is 1.58 bits per heavy atom. The normalized spacial score (nSPS) is 25.3. The van der Waals surface area contributed by atoms with E-state index in [2.05, 4.69) is 72.8 Å². The lowest BCUT2D eigenvalue weighted by Gasteiger charge is -2.37. The van der Waals surface area contributed by atoms with Gasteiger partial charge in [-0.15, -0.1) is 0 Å². The van der Waals surface area contributed by atoms with Crippen LogP contribution in [-0.2, 0) is 12.8 Å². The van der Waals surface area contributed by atoms with Crippen molar-refractivity contribution in [2.75, 3.05) is 0 Å². The Balaban J connectivity index is 1.18. The van der Waals surface area contributed by atoms with Crippen LogP contribution in [0.4, 0.5) is 0 Å². The van der Waals surface area contributed by atoms with Crippen molar-refractivity contribution >= 4 is 0 Å². The first-order valence-corrected chi connectivity index (χ1v) is 11.5. The molecule has 31 heavy (non-hydrogen) atoms. The molecule has 1 heterocycles. The maximum atomic E-state index is 6.73. The van der Waals surface area contributed by atoms with E-state index in [9.17, 15) is 0 Å². The van der Waals surface area contributed by atoms with Crippen LogP contribution in [0.25, 0.3) is 0 Å². The van der Waals surface area contributed by atoms with Crippen molar-refractivity contribution in [3.8, 4) is 11.5 Å². The largest absolute Gasteiger partial charge is 0.490 e. The van der Waals surface area contributed by atoms with Gasteiger partial charge in [-0.25, -0.2) is 0 Å². The Morgan fingerprint density at radius 3 is 2.32 bits per heavy atom. The fourth-order valence-corrected chi connectivity index (χ4v) is 5.00. The lowest BCUT2D eigenvalue weighted by Crippen LogP contribution is -2.47. The molecular formula is C28H31NO2. The zero-order valence-corrected chi connectivity index (χ0v) is 18.0. The number of rotatable bonds is 5. The number of aryl methyl sites for hydroxylation is 1. The summed E-state index contributed by atoms with van der Waals surface area (Å²) < 4.78 is 12.6. The lowest BCUT2D eigenvalue weighted by atomic mass is 9.77. The molecule has 0 saturated heterocycles. The van der Waals surface area contributed by atoms with E-state index in [1.807, 2.05) is 6.07 Å². The molecule has 1 unspecified atom stereocenters. The number of nitrogens with two attached hydrogens (primary N) is 1. The first-order chi connectivity index (χ1) is 15.2. The zero-order valence-electron chi connectivity index (χ0n) is 18.0. The molecule has 3 nitrogen and oxygen atoms in total. The predicted molar refractivity (Wildman–Crippen MR) is 125 cm³/mol. The van der Waals surface area contributed by atoms with Crippen LogP contribution < -0.4 is 15.2 Å². The van der Waals surface area contributed by atoms with Crippen LogP contribution in [0.15, 0.2) is 78.9 Å². The van der Waals surface area contributed by atoms with Crippen molar-refractivity contribution in [1.29, 1.82) is 0 Å². The summed E-state index contributed by atoms with van der Waals surface area (Å²) in [7, 11) is 0. The summed E-state index contributed by atoms with van der Waals surface area (Å²) in [6.45, 7) is 0. The second kappa shape index (κ2) is 8.76. The van der Waals surface area contributed by atoms with E-state index in [4.69, 9.17) is 15.2 Å². The molecule has 2 N–H and O–H groups in total. The van der Waals surface area contributed by atoms with Gasteiger partial charge >= 0.3 is 0 Å². The topological polar surface area (TPSA) is 44.5 Å². The highest BCUT2D eigenvalue weighted by Crippen LogP contribution is 2.38. The van der Waals surface area contributed by atoms with E-state index in [0.29, 0.717) is 0 Å². The number of hydrogen-bond donors (Lipinski definition) is 1. The molecule has 3 heteroatoms. The fourth-order valence-electron chi connectivity index (χ4n) is 5.00. The van der Waals surface area contributed by atoms with Gasteiger partial charge in [-0.3, -0.25) is 0 Å². The summed E-state index contributed by atoms with van der Waals surface area (Å²) in [5, 5.41) is 0. The van der Waals surface area contributed by atoms with Crippen LogP contribution in [0, 0.1) is 0 Å². The first kappa shape index (κ1) is 20.1. The maximum absolute atomic E-state index is 6.73. The minimum Gasteiger partial charge on any atom is -0.490 e. The Hall–Kier alpha value is -2.78. The quantitative estimate of drug-likeness (QED) is 0.557. The highest BCUT2D eigenvalue weighted by atomic mass is 16.5. The van der Waals surface area contributed by atoms with E-state index in [1.165, 1.54) is 16.7 Å². The number of fused-ring (bicyclic) bond motifs is 1. The average molecular weight is 414 g/mol. The van der Waals surface area contributed by atoms with Gasteiger partial charge in [0.25, 0.3) is 0 Å². The molecule has 1 fully saturated rings. The smallest absolute Gasteiger partial charge is 0.124 e. The van der Waals surface area contributed by atoms with E-state index < -0.39 is 0 Å². The maximum Gasteiger partial charge on any atom is 0.124 e. The molecule has 1 aliphatic carbocycles. The van der Waals surface area contributed by atoms with Gasteiger partial charge in [-0.2, -0.15) is 0 Å². The van der Waals surface area contributed by atoms with E-state index in [1.54, 1.807) is 0 Å². The summed E-state index contributed by atoms with van der Waals surface area (Å²) >= 11 is 0. The molecule has 160 valence electrons. The second-order valence-electron chi connectivity index (χ2n) is 9.17. The molecule has 1 saturated carbocycles. The molecular weight excluding hydrogens is 382 g/mol. The zero-order chi connectivity index (χ0) is 21.1. The van der Waals surface area contributed by atoms with Crippen LogP contribution in [0.1, 0.15) is 54.9 Å². The molecule has 0 spiro atoms. The van der Waals surface area contributed by atoms with Gasteiger partial charge in [0.1, 0.15) is 17.6 Å². The molecule has 3 aromatic carbocycles. The minimum absolute atomic E-state index is 0.114. The van der Waals surface area contributed by atoms with Crippen LogP contribution in [0.5, 0.6) is 11.5 Å². The summed E-state index contributed by atoms with van der Waals surface area (Å²) in [5.41, 5.74) is 10.4. The minimum atomic E-state index is -0.114. The third-order valence-corrected chi connectivity index (χ3v) is 6.78. The third kappa shape index (κ3) is 4.77. The number of ether oxygens (including phenoxy) is 2. The molecule has 0 amide bonds. The first-order valence-electron chi connectivity index (χ1n) is 11.5. The molecule has 2 aliphatic rings. The summed E-state index contributed by atoms with van der Waals surface area (Å²) in [4.78, 5) is 0. The monoisotopic (exact) mass is 413 g/mol. The van der Waals surface area contributed by atoms with Gasteiger partial charge < -0.3 is 15.2 Å². The molecule has 5 rings (SSSR count). The third-order valence-electron chi connectivity index (χ3n) is 6.78. The Morgan fingerprint density at radius 1 is 0.871 bits per heavy atom. The van der Waals surface area contributed by atoms with Gasteiger partial charge in [-0.05, 0) is 79.8 Å². The highest BCUT2D eigenvalue weighted by molar-refractivity contribution is 5.42. The van der Waals surface area contributed by atoms with E-state index in [-0.39, 0.29) is 17.7 Å². The Labute approximate surface area is 185 Å². The molecule has 0 bridgehead atoms. The molecule has 1 atom stereocenters. The van der Waals surface area contributed by atoms with E-state index >= 15 is 0 Å². The van der Waals surface area contributed by atoms with Crippen molar-refractivity contribution < 1.29 is 9.47 Å². The molecule has 0 aromatic heterocycles. The van der Waals surface area contributed by atoms with E-state index in [0.717, 1.165) is 56.4 Å². The van der Waals surface area contributed by atoms with Crippen molar-refractivity contribution in [3.63, 3.8) is 0 Å². The van der Waals surface area contributed by atoms with Crippen LogP contribution >= 0.6 is 0 Å². The molecule has 1 aliphatic heterocycles. The van der Waals surface area contributed by atoms with Crippen LogP contribution in [0.3, 0.4) is 0 Å². The van der Waals surface area contributed by atoms with Crippen LogP contribution in [0.2, 0.25) is 0 Å². The summed E-state index contributed by atoms with van der Waals surface area (Å²) in [6, 6.07) is 27.4. The van der Waals surface area contributed by atoms with Crippen LogP contribution in [-0.4, -0.2) is 11.6 Å². The standard InChI is InChI=1S/C28H31NO2/c29-28(20-21-7-3-1-4-8-21)17-15-24(16-18-28)30-25-12-14-27-23(19-25)11-13-26(31-27)22-9-5-2-6-10-22/h1-10,12,14,19,24,26H,11,13,15-18,20,29H2. The van der Waals surface area contributed by atoms with Gasteiger partial charge in [0.05, 0.1) is 6.10 Å². The predicted octanol–water partition coefficient (Wildman–Crippen LogP) is 6.01. The Kier molecular flexibility index (Phi) is 5.69. The van der Waals surface area contributed by atoms with Crippen molar-refractivity contribution in [2.45, 2.75) is 62.7 Å². The highest BCUT2D eigenvalue weighted by Gasteiger charge is 2.33. The van der Waals surface area contributed by atoms with Gasteiger partial charge in [0, 0.05) is 5.54 Å². The fraction of sp³-hybridized carbons (Fsp3) is 0.357. The van der Waals surface area contributed by atoms with Gasteiger partial charge in [-0.1, -0.05) is 60.7 Å². The average Bonchev–Trinajstić information content (AvgIpc) is 2.81.